The molecule has 0 aliphatic heterocycles. The van der Waals surface area contributed by atoms with Crippen LogP contribution in [0, 0.1) is 5.92 Å². The number of esters is 1. The van der Waals surface area contributed by atoms with Crippen LogP contribution < -0.4 is 10.3 Å². The van der Waals surface area contributed by atoms with E-state index in [1.54, 1.807) is 0 Å². The minimum absolute atomic E-state index is 0.117. The molecule has 1 aromatic heterocycles. The highest BCUT2D eigenvalue weighted by atomic mass is 35.5. The van der Waals surface area contributed by atoms with E-state index in [0.717, 1.165) is 44.9 Å². The summed E-state index contributed by atoms with van der Waals surface area (Å²) in [5, 5.41) is 4.53. The van der Waals surface area contributed by atoms with E-state index >= 15 is 0 Å². The summed E-state index contributed by atoms with van der Waals surface area (Å²) in [5.74, 6) is 0.337. The van der Waals surface area contributed by atoms with E-state index in [0.29, 0.717) is 23.8 Å². The molecule has 152 valence electrons. The van der Waals surface area contributed by atoms with Gasteiger partial charge in [-0.15, -0.1) is 5.10 Å². The Kier molecular flexibility index (Phi) is 8.14. The molecule has 7 heteroatoms. The average Bonchev–Trinajstić information content (AvgIpc) is 3.20. The van der Waals surface area contributed by atoms with Gasteiger partial charge in [-0.2, -0.15) is 0 Å². The third-order valence-electron chi connectivity index (χ3n) is 5.62. The van der Waals surface area contributed by atoms with E-state index in [4.69, 9.17) is 21.1 Å². The van der Waals surface area contributed by atoms with Crippen molar-refractivity contribution in [1.82, 2.24) is 9.78 Å². The zero-order valence-electron chi connectivity index (χ0n) is 16.8. The Balaban J connectivity index is 2.50. The Morgan fingerprint density at radius 1 is 1.30 bits per heavy atom. The summed E-state index contributed by atoms with van der Waals surface area (Å²) in [6.45, 7) is 4.19. The van der Waals surface area contributed by atoms with Crippen molar-refractivity contribution in [2.45, 2.75) is 77.2 Å². The van der Waals surface area contributed by atoms with Crippen LogP contribution in [-0.2, 0) is 9.53 Å². The lowest BCUT2D eigenvalue weighted by atomic mass is 9.93. The van der Waals surface area contributed by atoms with Gasteiger partial charge in [-0.25, -0.2) is 9.48 Å². The molecule has 0 bridgehead atoms. The molecule has 0 aromatic carbocycles. The van der Waals surface area contributed by atoms with E-state index in [1.165, 1.54) is 18.9 Å². The Hall–Kier alpha value is -1.56. The van der Waals surface area contributed by atoms with Gasteiger partial charge in [-0.05, 0) is 31.1 Å². The topological polar surface area (TPSA) is 70.4 Å². The van der Waals surface area contributed by atoms with Gasteiger partial charge in [0, 0.05) is 5.56 Å². The number of ether oxygens (including phenoxy) is 2. The minimum Gasteiger partial charge on any atom is -0.480 e. The van der Waals surface area contributed by atoms with Crippen molar-refractivity contribution in [3.63, 3.8) is 0 Å². The number of nitrogens with zero attached hydrogens (tertiary/aromatic N) is 2. The van der Waals surface area contributed by atoms with Crippen molar-refractivity contribution in [1.29, 1.82) is 0 Å². The molecule has 0 N–H and O–H groups in total. The molecule has 1 aromatic rings. The third kappa shape index (κ3) is 4.84. The van der Waals surface area contributed by atoms with Crippen LogP contribution in [0.15, 0.2) is 4.79 Å². The second-order valence-corrected chi connectivity index (χ2v) is 7.68. The number of aromatic nitrogens is 2. The van der Waals surface area contributed by atoms with Crippen molar-refractivity contribution in [3.8, 4) is 5.88 Å². The molecule has 27 heavy (non-hydrogen) atoms. The maximum absolute atomic E-state index is 13.0. The van der Waals surface area contributed by atoms with Crippen molar-refractivity contribution in [3.05, 3.63) is 20.9 Å². The summed E-state index contributed by atoms with van der Waals surface area (Å²) in [6, 6.07) is -0.803. The van der Waals surface area contributed by atoms with Crippen LogP contribution >= 0.6 is 11.6 Å². The van der Waals surface area contributed by atoms with Crippen LogP contribution in [-0.4, -0.2) is 30.0 Å². The first-order valence-corrected chi connectivity index (χ1v) is 10.3. The molecule has 1 fully saturated rings. The molecule has 2 rings (SSSR count). The second-order valence-electron chi connectivity index (χ2n) is 7.31. The molecule has 0 saturated heterocycles. The summed E-state index contributed by atoms with van der Waals surface area (Å²) in [4.78, 5) is 25.5. The molecular formula is C20H31ClN2O4. The van der Waals surface area contributed by atoms with Crippen molar-refractivity contribution in [2.24, 2.45) is 5.92 Å². The second kappa shape index (κ2) is 10.1. The molecule has 6 nitrogen and oxygen atoms in total. The molecule has 0 spiro atoms. The van der Waals surface area contributed by atoms with Crippen LogP contribution in [0.5, 0.6) is 5.88 Å². The fraction of sp³-hybridized carbons (Fsp3) is 0.750. The smallest absolute Gasteiger partial charge is 0.330 e. The van der Waals surface area contributed by atoms with Crippen LogP contribution in [0.2, 0.25) is 5.02 Å². The Morgan fingerprint density at radius 3 is 2.48 bits per heavy atom. The van der Waals surface area contributed by atoms with E-state index < -0.39 is 17.6 Å². The largest absolute Gasteiger partial charge is 0.480 e. The molecule has 2 unspecified atom stereocenters. The fourth-order valence-electron chi connectivity index (χ4n) is 4.08. The van der Waals surface area contributed by atoms with Gasteiger partial charge in [0.15, 0.2) is 6.04 Å². The van der Waals surface area contributed by atoms with Crippen LogP contribution in [0.25, 0.3) is 0 Å². The zero-order chi connectivity index (χ0) is 20.0. The highest BCUT2D eigenvalue weighted by Gasteiger charge is 2.32. The summed E-state index contributed by atoms with van der Waals surface area (Å²) in [7, 11) is 2.85. The van der Waals surface area contributed by atoms with Crippen LogP contribution in [0.3, 0.4) is 0 Å². The Labute approximate surface area is 166 Å². The number of carbonyl (C=O) groups is 1. The quantitative estimate of drug-likeness (QED) is 0.573. The van der Waals surface area contributed by atoms with E-state index in [1.807, 2.05) is 0 Å². The number of halogens is 1. The molecule has 2 atom stereocenters. The molecule has 0 amide bonds. The van der Waals surface area contributed by atoms with Gasteiger partial charge in [-0.3, -0.25) is 4.79 Å². The van der Waals surface area contributed by atoms with Gasteiger partial charge in [0.25, 0.3) is 5.56 Å². The van der Waals surface area contributed by atoms with Crippen molar-refractivity contribution >= 4 is 17.6 Å². The first-order chi connectivity index (χ1) is 13.0. The lowest BCUT2D eigenvalue weighted by Gasteiger charge is -2.24. The number of rotatable bonds is 9. The first-order valence-electron chi connectivity index (χ1n) is 9.92. The number of hydrogen-bond donors (Lipinski definition) is 0. The Bertz CT molecular complexity index is 698. The molecule has 0 radical (unpaired) electrons. The van der Waals surface area contributed by atoms with E-state index in [9.17, 15) is 9.59 Å². The van der Waals surface area contributed by atoms with E-state index in [-0.39, 0.29) is 10.9 Å². The highest BCUT2D eigenvalue weighted by molar-refractivity contribution is 6.31. The van der Waals surface area contributed by atoms with E-state index in [2.05, 4.69) is 18.9 Å². The number of methoxy groups -OCH3 is 2. The number of hydrogen-bond acceptors (Lipinski definition) is 5. The van der Waals surface area contributed by atoms with Gasteiger partial charge < -0.3 is 9.47 Å². The molecule has 1 aliphatic rings. The lowest BCUT2D eigenvalue weighted by Crippen LogP contribution is -2.35. The fourth-order valence-corrected chi connectivity index (χ4v) is 4.40. The molecule has 1 heterocycles. The number of carbonyl (C=O) groups excluding carboxylic acids is 1. The first kappa shape index (κ1) is 21.7. The van der Waals surface area contributed by atoms with Gasteiger partial charge >= 0.3 is 5.97 Å². The summed E-state index contributed by atoms with van der Waals surface area (Å²) in [6.07, 6.45) is 7.54. The van der Waals surface area contributed by atoms with Gasteiger partial charge in [0.05, 0.1) is 14.2 Å². The van der Waals surface area contributed by atoms with Gasteiger partial charge in [-0.1, -0.05) is 57.6 Å². The molecule has 1 aliphatic carbocycles. The van der Waals surface area contributed by atoms with Crippen LogP contribution in [0.4, 0.5) is 0 Å². The summed E-state index contributed by atoms with van der Waals surface area (Å²) >= 11 is 6.48. The van der Waals surface area contributed by atoms with Gasteiger partial charge in [0.1, 0.15) is 5.02 Å². The minimum atomic E-state index is -0.803. The molecular weight excluding hydrogens is 368 g/mol. The predicted molar refractivity (Wildman–Crippen MR) is 106 cm³/mol. The normalized spacial score (nSPS) is 16.9. The molecule has 1 saturated carbocycles. The average molecular weight is 399 g/mol. The third-order valence-corrected chi connectivity index (χ3v) is 5.98. The highest BCUT2D eigenvalue weighted by Crippen LogP contribution is 2.40. The monoisotopic (exact) mass is 398 g/mol. The predicted octanol–water partition coefficient (Wildman–Crippen LogP) is 4.49. The zero-order valence-corrected chi connectivity index (χ0v) is 17.6. The maximum Gasteiger partial charge on any atom is 0.330 e. The summed E-state index contributed by atoms with van der Waals surface area (Å²) < 4.78 is 11.6. The van der Waals surface area contributed by atoms with Crippen molar-refractivity contribution < 1.29 is 14.3 Å². The maximum atomic E-state index is 13.0. The Morgan fingerprint density at radius 2 is 1.96 bits per heavy atom. The van der Waals surface area contributed by atoms with Crippen molar-refractivity contribution in [2.75, 3.05) is 14.2 Å². The summed E-state index contributed by atoms with van der Waals surface area (Å²) in [5.41, 5.74) is 0.239. The van der Waals surface area contributed by atoms with Crippen LogP contribution in [0.1, 0.15) is 82.7 Å². The lowest BCUT2D eigenvalue weighted by molar-refractivity contribution is -0.145. The van der Waals surface area contributed by atoms with Gasteiger partial charge in [0.2, 0.25) is 5.88 Å². The SMILES string of the molecule is CCCC(CC)CC(C(=O)OC)n1nc(OC)c(C2CCCC2)c(Cl)c1=O. The standard InChI is InChI=1S/C20H31ClN2O4/c1-5-9-13(6-2)12-15(20(25)27-4)23-19(24)17(21)16(18(22-23)26-3)14-10-7-8-11-14/h13-15H,5-12H2,1-4H3.